The van der Waals surface area contributed by atoms with Gasteiger partial charge in [0.25, 0.3) is 0 Å². The van der Waals surface area contributed by atoms with E-state index in [-0.39, 0.29) is 0 Å². The molecular formula is C14H29NO2S. The SMILES string of the molecule is CCCNC1CCC(CCS(=O)(=O)CCC)C1C. The average Bonchev–Trinajstić information content (AvgIpc) is 2.65. The van der Waals surface area contributed by atoms with Gasteiger partial charge in [0, 0.05) is 11.8 Å². The fourth-order valence-corrected chi connectivity index (χ4v) is 4.50. The lowest BCUT2D eigenvalue weighted by Crippen LogP contribution is -2.33. The summed E-state index contributed by atoms with van der Waals surface area (Å²) in [5, 5.41) is 3.58. The first-order chi connectivity index (χ1) is 8.50. The summed E-state index contributed by atoms with van der Waals surface area (Å²) in [4.78, 5) is 0. The maximum absolute atomic E-state index is 11.7. The molecule has 1 fully saturated rings. The summed E-state index contributed by atoms with van der Waals surface area (Å²) in [6.45, 7) is 7.47. The fourth-order valence-electron chi connectivity index (χ4n) is 3.02. The van der Waals surface area contributed by atoms with Gasteiger partial charge in [-0.2, -0.15) is 0 Å². The van der Waals surface area contributed by atoms with Crippen molar-refractivity contribution in [1.29, 1.82) is 0 Å². The van der Waals surface area contributed by atoms with Crippen molar-refractivity contribution in [3.63, 3.8) is 0 Å². The summed E-state index contributed by atoms with van der Waals surface area (Å²) in [6, 6.07) is 0.601. The summed E-state index contributed by atoms with van der Waals surface area (Å²) >= 11 is 0. The molecule has 4 heteroatoms. The second kappa shape index (κ2) is 7.49. The third kappa shape index (κ3) is 4.88. The first-order valence-electron chi connectivity index (χ1n) is 7.44. The molecule has 1 N–H and O–H groups in total. The quantitative estimate of drug-likeness (QED) is 0.740. The summed E-state index contributed by atoms with van der Waals surface area (Å²) < 4.78 is 23.5. The van der Waals surface area contributed by atoms with Crippen molar-refractivity contribution in [1.82, 2.24) is 5.32 Å². The van der Waals surface area contributed by atoms with Gasteiger partial charge in [-0.15, -0.1) is 0 Å². The maximum atomic E-state index is 11.7. The summed E-state index contributed by atoms with van der Waals surface area (Å²) in [7, 11) is -2.80. The lowest BCUT2D eigenvalue weighted by Gasteiger charge is -2.21. The molecule has 0 heterocycles. The van der Waals surface area contributed by atoms with Gasteiger partial charge in [-0.3, -0.25) is 0 Å². The second-order valence-electron chi connectivity index (χ2n) is 5.70. The van der Waals surface area contributed by atoms with Crippen LogP contribution in [0.1, 0.15) is 52.9 Å². The van der Waals surface area contributed by atoms with Crippen LogP contribution in [-0.4, -0.2) is 32.5 Å². The zero-order valence-corrected chi connectivity index (χ0v) is 12.9. The first kappa shape index (κ1) is 16.0. The number of rotatable bonds is 8. The van der Waals surface area contributed by atoms with E-state index in [2.05, 4.69) is 19.2 Å². The van der Waals surface area contributed by atoms with Crippen LogP contribution in [0.3, 0.4) is 0 Å². The minimum atomic E-state index is -2.80. The minimum Gasteiger partial charge on any atom is -0.314 e. The van der Waals surface area contributed by atoms with Crippen LogP contribution in [0, 0.1) is 11.8 Å². The highest BCUT2D eigenvalue weighted by Crippen LogP contribution is 2.34. The van der Waals surface area contributed by atoms with Crippen LogP contribution in [0.2, 0.25) is 0 Å². The highest BCUT2D eigenvalue weighted by Gasteiger charge is 2.32. The average molecular weight is 275 g/mol. The summed E-state index contributed by atoms with van der Waals surface area (Å²) in [6.07, 6.45) is 5.15. The van der Waals surface area contributed by atoms with Crippen molar-refractivity contribution in [2.24, 2.45) is 11.8 Å². The molecule has 0 aromatic rings. The molecule has 18 heavy (non-hydrogen) atoms. The topological polar surface area (TPSA) is 46.2 Å². The van der Waals surface area contributed by atoms with E-state index in [0.717, 1.165) is 19.4 Å². The van der Waals surface area contributed by atoms with E-state index < -0.39 is 9.84 Å². The smallest absolute Gasteiger partial charge is 0.150 e. The van der Waals surface area contributed by atoms with Crippen LogP contribution >= 0.6 is 0 Å². The normalized spacial score (nSPS) is 28.7. The van der Waals surface area contributed by atoms with Gasteiger partial charge in [-0.25, -0.2) is 8.42 Å². The maximum Gasteiger partial charge on any atom is 0.150 e. The number of hydrogen-bond donors (Lipinski definition) is 1. The molecule has 3 nitrogen and oxygen atoms in total. The van der Waals surface area contributed by atoms with E-state index in [1.807, 2.05) is 6.92 Å². The fraction of sp³-hybridized carbons (Fsp3) is 1.00. The highest BCUT2D eigenvalue weighted by atomic mass is 32.2. The van der Waals surface area contributed by atoms with Crippen LogP contribution in [0.4, 0.5) is 0 Å². The second-order valence-corrected chi connectivity index (χ2v) is 8.00. The largest absolute Gasteiger partial charge is 0.314 e. The number of hydrogen-bond acceptors (Lipinski definition) is 3. The number of sulfone groups is 1. The van der Waals surface area contributed by atoms with Crippen molar-refractivity contribution in [2.75, 3.05) is 18.1 Å². The monoisotopic (exact) mass is 275 g/mol. The third-order valence-electron chi connectivity index (χ3n) is 4.20. The predicted octanol–water partition coefficient (Wildman–Crippen LogP) is 2.62. The standard InChI is InChI=1S/C14H29NO2S/c1-4-9-15-14-7-6-13(12(14)3)8-11-18(16,17)10-5-2/h12-15H,4-11H2,1-3H3. The van der Waals surface area contributed by atoms with E-state index in [4.69, 9.17) is 0 Å². The molecule has 0 aromatic carbocycles. The lowest BCUT2D eigenvalue weighted by atomic mass is 9.93. The Bertz CT molecular complexity index is 327. The molecule has 0 radical (unpaired) electrons. The molecule has 3 atom stereocenters. The Balaban J connectivity index is 2.36. The molecular weight excluding hydrogens is 246 g/mol. The Morgan fingerprint density at radius 1 is 1.11 bits per heavy atom. The van der Waals surface area contributed by atoms with Crippen LogP contribution < -0.4 is 5.32 Å². The minimum absolute atomic E-state index is 0.353. The van der Waals surface area contributed by atoms with Crippen LogP contribution in [0.15, 0.2) is 0 Å². The van der Waals surface area contributed by atoms with Crippen LogP contribution in [-0.2, 0) is 9.84 Å². The first-order valence-corrected chi connectivity index (χ1v) is 9.26. The van der Waals surface area contributed by atoms with Crippen molar-refractivity contribution >= 4 is 9.84 Å². The molecule has 108 valence electrons. The predicted molar refractivity (Wildman–Crippen MR) is 77.5 cm³/mol. The van der Waals surface area contributed by atoms with Gasteiger partial charge in [0.1, 0.15) is 9.84 Å². The van der Waals surface area contributed by atoms with Gasteiger partial charge in [0.2, 0.25) is 0 Å². The van der Waals surface area contributed by atoms with Crippen molar-refractivity contribution in [3.8, 4) is 0 Å². The Kier molecular flexibility index (Phi) is 6.64. The van der Waals surface area contributed by atoms with Crippen molar-refractivity contribution < 1.29 is 8.42 Å². The Hall–Kier alpha value is -0.0900. The molecule has 1 aliphatic carbocycles. The molecule has 0 spiro atoms. The van der Waals surface area contributed by atoms with Gasteiger partial charge < -0.3 is 5.32 Å². The highest BCUT2D eigenvalue weighted by molar-refractivity contribution is 7.91. The van der Waals surface area contributed by atoms with E-state index >= 15 is 0 Å². The van der Waals surface area contributed by atoms with Gasteiger partial charge >= 0.3 is 0 Å². The molecule has 0 bridgehead atoms. The Morgan fingerprint density at radius 2 is 1.83 bits per heavy atom. The summed E-state index contributed by atoms with van der Waals surface area (Å²) in [5.41, 5.74) is 0. The summed E-state index contributed by atoms with van der Waals surface area (Å²) in [5.74, 6) is 1.95. The van der Waals surface area contributed by atoms with E-state index in [0.29, 0.717) is 29.4 Å². The van der Waals surface area contributed by atoms with Gasteiger partial charge in [-0.05, 0) is 50.5 Å². The third-order valence-corrected chi connectivity index (χ3v) is 6.09. The van der Waals surface area contributed by atoms with E-state index in [1.54, 1.807) is 0 Å². The molecule has 1 aliphatic rings. The molecule has 0 saturated heterocycles. The molecule has 0 aromatic heterocycles. The molecule has 3 unspecified atom stereocenters. The van der Waals surface area contributed by atoms with Crippen LogP contribution in [0.25, 0.3) is 0 Å². The van der Waals surface area contributed by atoms with Gasteiger partial charge in [0.15, 0.2) is 0 Å². The zero-order chi connectivity index (χ0) is 13.6. The van der Waals surface area contributed by atoms with E-state index in [1.165, 1.54) is 19.3 Å². The molecule has 1 saturated carbocycles. The van der Waals surface area contributed by atoms with Crippen molar-refractivity contribution in [2.45, 2.75) is 58.9 Å². The molecule has 0 amide bonds. The molecule has 0 aliphatic heterocycles. The van der Waals surface area contributed by atoms with E-state index in [9.17, 15) is 8.42 Å². The van der Waals surface area contributed by atoms with Crippen LogP contribution in [0.5, 0.6) is 0 Å². The Labute approximate surface area is 113 Å². The van der Waals surface area contributed by atoms with Gasteiger partial charge in [0.05, 0.1) is 5.75 Å². The molecule has 1 rings (SSSR count). The Morgan fingerprint density at radius 3 is 2.44 bits per heavy atom. The van der Waals surface area contributed by atoms with Gasteiger partial charge in [-0.1, -0.05) is 20.8 Å². The number of nitrogens with one attached hydrogen (secondary N) is 1. The van der Waals surface area contributed by atoms with Crippen molar-refractivity contribution in [3.05, 3.63) is 0 Å². The lowest BCUT2D eigenvalue weighted by molar-refractivity contribution is 0.346. The zero-order valence-electron chi connectivity index (χ0n) is 12.1.